The molecule has 0 bridgehead atoms. The van der Waals surface area contributed by atoms with Gasteiger partial charge in [-0.15, -0.1) is 0 Å². The first-order valence-corrected chi connectivity index (χ1v) is 10.8. The van der Waals surface area contributed by atoms with Crippen LogP contribution in [-0.2, 0) is 19.6 Å². The summed E-state index contributed by atoms with van der Waals surface area (Å²) in [5.74, 6) is -1.41. The van der Waals surface area contributed by atoms with Gasteiger partial charge in [-0.3, -0.25) is 9.59 Å². The average Bonchev–Trinajstić information content (AvgIpc) is 3.00. The number of methoxy groups -OCH3 is 1. The van der Waals surface area contributed by atoms with Gasteiger partial charge in [0.05, 0.1) is 18.6 Å². The van der Waals surface area contributed by atoms with E-state index in [4.69, 9.17) is 4.74 Å². The van der Waals surface area contributed by atoms with Crippen molar-refractivity contribution in [2.24, 2.45) is 5.92 Å². The maximum Gasteiger partial charge on any atom is 0.241 e. The van der Waals surface area contributed by atoms with Crippen molar-refractivity contribution in [2.45, 2.75) is 51.9 Å². The molecule has 1 fully saturated rings. The first kappa shape index (κ1) is 21.3. The summed E-state index contributed by atoms with van der Waals surface area (Å²) in [6, 6.07) is 3.64. The van der Waals surface area contributed by atoms with Gasteiger partial charge in [0, 0.05) is 24.8 Å². The number of amides is 1. The molecule has 1 aromatic rings. The smallest absolute Gasteiger partial charge is 0.241 e. The molecular formula is C19H26FNO5S. The molecule has 1 unspecified atom stereocenters. The number of nitrogens with zero attached hydrogens (tertiary/aromatic N) is 1. The zero-order valence-electron chi connectivity index (χ0n) is 15.7. The van der Waals surface area contributed by atoms with Gasteiger partial charge >= 0.3 is 0 Å². The van der Waals surface area contributed by atoms with Crippen LogP contribution in [0.5, 0.6) is 5.75 Å². The third kappa shape index (κ3) is 5.28. The zero-order chi connectivity index (χ0) is 20.0. The number of rotatable bonds is 9. The Bertz CT molecular complexity index is 793. The molecule has 0 aliphatic heterocycles. The SMILES string of the molecule is CCCS(=O)(=O)N(C(=O)CCCC1CCCC1=O)c1ccc(OC)c(F)c1. The van der Waals surface area contributed by atoms with Crippen molar-refractivity contribution in [1.82, 2.24) is 0 Å². The second kappa shape index (κ2) is 9.30. The van der Waals surface area contributed by atoms with Crippen molar-refractivity contribution in [2.75, 3.05) is 17.2 Å². The molecule has 1 aromatic carbocycles. The summed E-state index contributed by atoms with van der Waals surface area (Å²) in [6.07, 6.45) is 3.60. The van der Waals surface area contributed by atoms with Crippen molar-refractivity contribution in [3.8, 4) is 5.75 Å². The minimum Gasteiger partial charge on any atom is -0.494 e. The van der Waals surface area contributed by atoms with Crippen LogP contribution in [0.2, 0.25) is 0 Å². The van der Waals surface area contributed by atoms with E-state index in [0.717, 1.165) is 18.9 Å². The van der Waals surface area contributed by atoms with Crippen LogP contribution in [-0.4, -0.2) is 33.0 Å². The number of carbonyl (C=O) groups is 2. The third-order valence-electron chi connectivity index (χ3n) is 4.71. The summed E-state index contributed by atoms with van der Waals surface area (Å²) in [5.41, 5.74) is -0.0382. The molecule has 2 rings (SSSR count). The molecule has 8 heteroatoms. The fourth-order valence-electron chi connectivity index (χ4n) is 3.38. The number of carbonyl (C=O) groups excluding carboxylic acids is 2. The van der Waals surface area contributed by atoms with Crippen LogP contribution < -0.4 is 9.04 Å². The maximum atomic E-state index is 14.1. The fraction of sp³-hybridized carbons (Fsp3) is 0.579. The van der Waals surface area contributed by atoms with E-state index in [1.165, 1.54) is 19.2 Å². The molecule has 0 saturated heterocycles. The number of benzene rings is 1. The highest BCUT2D eigenvalue weighted by molar-refractivity contribution is 7.93. The Hall–Kier alpha value is -1.96. The molecule has 0 heterocycles. The summed E-state index contributed by atoms with van der Waals surface area (Å²) >= 11 is 0. The third-order valence-corrected chi connectivity index (χ3v) is 6.61. The fourth-order valence-corrected chi connectivity index (χ4v) is 4.92. The molecule has 6 nitrogen and oxygen atoms in total. The van der Waals surface area contributed by atoms with Gasteiger partial charge < -0.3 is 4.74 Å². The molecule has 1 aliphatic carbocycles. The van der Waals surface area contributed by atoms with Gasteiger partial charge in [0.1, 0.15) is 5.78 Å². The number of sulfonamides is 1. The minimum atomic E-state index is -3.91. The second-order valence-electron chi connectivity index (χ2n) is 6.74. The zero-order valence-corrected chi connectivity index (χ0v) is 16.6. The van der Waals surface area contributed by atoms with Crippen LogP contribution in [0.3, 0.4) is 0 Å². The van der Waals surface area contributed by atoms with E-state index >= 15 is 0 Å². The van der Waals surface area contributed by atoms with Crippen molar-refractivity contribution in [3.63, 3.8) is 0 Å². The number of anilines is 1. The second-order valence-corrected chi connectivity index (χ2v) is 8.68. The predicted octanol–water partition coefficient (Wildman–Crippen LogP) is 3.45. The summed E-state index contributed by atoms with van der Waals surface area (Å²) in [4.78, 5) is 24.4. The molecule has 0 aromatic heterocycles. The van der Waals surface area contributed by atoms with E-state index in [0.29, 0.717) is 30.0 Å². The normalized spacial score (nSPS) is 17.1. The van der Waals surface area contributed by atoms with E-state index in [1.54, 1.807) is 6.92 Å². The van der Waals surface area contributed by atoms with E-state index in [-0.39, 0.29) is 35.3 Å². The lowest BCUT2D eigenvalue weighted by atomic mass is 9.99. The Balaban J connectivity index is 2.18. The number of hydrogen-bond donors (Lipinski definition) is 0. The largest absolute Gasteiger partial charge is 0.494 e. The van der Waals surface area contributed by atoms with Crippen LogP contribution in [0, 0.1) is 11.7 Å². The van der Waals surface area contributed by atoms with Gasteiger partial charge in [-0.1, -0.05) is 6.92 Å². The number of Topliss-reactive ketones (excluding diaryl/α,β-unsaturated/α-hetero) is 1. The van der Waals surface area contributed by atoms with Gasteiger partial charge in [-0.25, -0.2) is 17.1 Å². The lowest BCUT2D eigenvalue weighted by Crippen LogP contribution is -2.38. The number of hydrogen-bond acceptors (Lipinski definition) is 5. The van der Waals surface area contributed by atoms with E-state index in [2.05, 4.69) is 0 Å². The Labute approximate surface area is 159 Å². The Morgan fingerprint density at radius 1 is 1.37 bits per heavy atom. The first-order chi connectivity index (χ1) is 12.8. The van der Waals surface area contributed by atoms with Crippen molar-refractivity contribution < 1.29 is 27.1 Å². The summed E-state index contributed by atoms with van der Waals surface area (Å²) in [7, 11) is -2.61. The summed E-state index contributed by atoms with van der Waals surface area (Å²) in [5, 5.41) is 0. The van der Waals surface area contributed by atoms with Gasteiger partial charge in [0.25, 0.3) is 0 Å². The molecule has 1 aliphatic rings. The molecular weight excluding hydrogens is 373 g/mol. The first-order valence-electron chi connectivity index (χ1n) is 9.22. The molecule has 1 amide bonds. The van der Waals surface area contributed by atoms with Crippen molar-refractivity contribution >= 4 is 27.4 Å². The highest BCUT2D eigenvalue weighted by atomic mass is 32.2. The molecule has 0 spiro atoms. The molecule has 1 saturated carbocycles. The van der Waals surface area contributed by atoms with Crippen LogP contribution in [0.4, 0.5) is 10.1 Å². The maximum absolute atomic E-state index is 14.1. The highest BCUT2D eigenvalue weighted by Crippen LogP contribution is 2.29. The monoisotopic (exact) mass is 399 g/mol. The Morgan fingerprint density at radius 3 is 2.67 bits per heavy atom. The highest BCUT2D eigenvalue weighted by Gasteiger charge is 2.30. The van der Waals surface area contributed by atoms with Crippen molar-refractivity contribution in [1.29, 1.82) is 0 Å². The summed E-state index contributed by atoms with van der Waals surface area (Å²) in [6.45, 7) is 1.69. The van der Waals surface area contributed by atoms with Crippen LogP contribution >= 0.6 is 0 Å². The van der Waals surface area contributed by atoms with Gasteiger partial charge in [0.2, 0.25) is 15.9 Å². The number of halogens is 1. The molecule has 0 N–H and O–H groups in total. The Kier molecular flexibility index (Phi) is 7.35. The number of ketones is 1. The van der Waals surface area contributed by atoms with Crippen molar-refractivity contribution in [3.05, 3.63) is 24.0 Å². The summed E-state index contributed by atoms with van der Waals surface area (Å²) < 4.78 is 44.8. The molecule has 0 radical (unpaired) electrons. The standard InChI is InChI=1S/C19H26FNO5S/c1-3-12-27(24,25)21(15-10-11-18(26-2)16(20)13-15)19(23)9-5-7-14-6-4-8-17(14)22/h10-11,13-14H,3-9,12H2,1-2H3. The van der Waals surface area contributed by atoms with E-state index in [1.807, 2.05) is 0 Å². The van der Waals surface area contributed by atoms with Gasteiger partial charge in [0.15, 0.2) is 11.6 Å². The van der Waals surface area contributed by atoms with Gasteiger partial charge in [-0.05, 0) is 44.2 Å². The predicted molar refractivity (Wildman–Crippen MR) is 101 cm³/mol. The molecule has 150 valence electrons. The van der Waals surface area contributed by atoms with Crippen LogP contribution in [0.1, 0.15) is 51.9 Å². The van der Waals surface area contributed by atoms with Gasteiger partial charge in [-0.2, -0.15) is 0 Å². The van der Waals surface area contributed by atoms with Crippen LogP contribution in [0.25, 0.3) is 0 Å². The minimum absolute atomic E-state index is 0.0135. The Morgan fingerprint density at radius 2 is 2.11 bits per heavy atom. The lowest BCUT2D eigenvalue weighted by molar-refractivity contribution is -0.121. The van der Waals surface area contributed by atoms with Crippen LogP contribution in [0.15, 0.2) is 18.2 Å². The lowest BCUT2D eigenvalue weighted by Gasteiger charge is -2.23. The quantitative estimate of drug-likeness (QED) is 0.635. The molecule has 1 atom stereocenters. The van der Waals surface area contributed by atoms with E-state index in [9.17, 15) is 22.4 Å². The topological polar surface area (TPSA) is 80.8 Å². The molecule has 27 heavy (non-hydrogen) atoms. The number of ether oxygens (including phenoxy) is 1. The average molecular weight is 399 g/mol. The van der Waals surface area contributed by atoms with E-state index < -0.39 is 21.7 Å².